The minimum Gasteiger partial charge on any atom is -0.365 e. The van der Waals surface area contributed by atoms with Crippen LogP contribution in [-0.2, 0) is 11.2 Å². The molecule has 5 heteroatoms. The molecule has 0 aliphatic heterocycles. The van der Waals surface area contributed by atoms with Gasteiger partial charge in [-0.2, -0.15) is 0 Å². The number of aromatic nitrogens is 3. The van der Waals surface area contributed by atoms with Gasteiger partial charge in [-0.05, 0) is 25.0 Å². The lowest BCUT2D eigenvalue weighted by atomic mass is 9.91. The van der Waals surface area contributed by atoms with Gasteiger partial charge in [0.1, 0.15) is 17.6 Å². The molecule has 1 fully saturated rings. The van der Waals surface area contributed by atoms with Crippen LogP contribution in [0.25, 0.3) is 11.0 Å². The van der Waals surface area contributed by atoms with E-state index in [0.29, 0.717) is 18.3 Å². The summed E-state index contributed by atoms with van der Waals surface area (Å²) in [4.78, 5) is 24.8. The van der Waals surface area contributed by atoms with Crippen LogP contribution in [0.1, 0.15) is 45.4 Å². The van der Waals surface area contributed by atoms with Crippen LogP contribution < -0.4 is 5.32 Å². The Hall–Kier alpha value is -2.04. The lowest BCUT2D eigenvalue weighted by Gasteiger charge is -2.18. The van der Waals surface area contributed by atoms with E-state index < -0.39 is 5.41 Å². The number of nitrogens with zero attached hydrogens (tertiary/aromatic N) is 3. The first-order valence-corrected chi connectivity index (χ1v) is 7.92. The summed E-state index contributed by atoms with van der Waals surface area (Å²) in [6.45, 7) is 3.81. The van der Waals surface area contributed by atoms with Crippen molar-refractivity contribution in [3.8, 4) is 0 Å². The van der Waals surface area contributed by atoms with Crippen LogP contribution in [0, 0.1) is 5.41 Å². The summed E-state index contributed by atoms with van der Waals surface area (Å²) in [6, 6.07) is 4.29. The van der Waals surface area contributed by atoms with E-state index in [0.717, 1.165) is 23.1 Å². The van der Waals surface area contributed by atoms with E-state index in [1.165, 1.54) is 25.7 Å². The Balaban J connectivity index is 1.98. The van der Waals surface area contributed by atoms with Gasteiger partial charge >= 0.3 is 0 Å². The molecule has 0 saturated heterocycles. The van der Waals surface area contributed by atoms with Crippen molar-refractivity contribution in [3.63, 3.8) is 0 Å². The molecule has 0 bridgehead atoms. The first-order valence-electron chi connectivity index (χ1n) is 7.92. The summed E-state index contributed by atoms with van der Waals surface area (Å²) < 4.78 is 0. The molecule has 3 rings (SSSR count). The maximum absolute atomic E-state index is 11.2. The fourth-order valence-electron chi connectivity index (χ4n) is 2.91. The number of aldehydes is 1. The fourth-order valence-corrected chi connectivity index (χ4v) is 2.91. The Kier molecular flexibility index (Phi) is 4.05. The van der Waals surface area contributed by atoms with Crippen molar-refractivity contribution in [3.05, 3.63) is 24.2 Å². The lowest BCUT2D eigenvalue weighted by molar-refractivity contribution is -0.114. The van der Waals surface area contributed by atoms with E-state index in [1.54, 1.807) is 6.20 Å². The van der Waals surface area contributed by atoms with Crippen LogP contribution >= 0.6 is 0 Å². The van der Waals surface area contributed by atoms with Crippen molar-refractivity contribution in [2.75, 3.05) is 5.32 Å². The van der Waals surface area contributed by atoms with Crippen LogP contribution in [0.4, 0.5) is 5.82 Å². The molecule has 0 aromatic carbocycles. The highest BCUT2D eigenvalue weighted by molar-refractivity contribution is 5.85. The molecular weight excluding hydrogens is 276 g/mol. The number of rotatable bonds is 5. The molecular formula is C17H22N4O. The third-order valence-corrected chi connectivity index (χ3v) is 4.13. The molecule has 0 unspecified atom stereocenters. The van der Waals surface area contributed by atoms with Crippen molar-refractivity contribution >= 4 is 23.1 Å². The topological polar surface area (TPSA) is 67.8 Å². The fraction of sp³-hybridized carbons (Fsp3) is 0.529. The lowest BCUT2D eigenvalue weighted by Crippen LogP contribution is -2.20. The summed E-state index contributed by atoms with van der Waals surface area (Å²) in [6.07, 6.45) is 8.13. The number of hydrogen-bond acceptors (Lipinski definition) is 5. The molecule has 0 radical (unpaired) electrons. The summed E-state index contributed by atoms with van der Waals surface area (Å²) in [7, 11) is 0. The first kappa shape index (κ1) is 14.9. The SMILES string of the molecule is CC(C)(C=O)Cc1nc(NC2CCCC2)c2ncccc2n1. The van der Waals surface area contributed by atoms with E-state index in [4.69, 9.17) is 0 Å². The van der Waals surface area contributed by atoms with Gasteiger partial charge in [0.25, 0.3) is 0 Å². The molecule has 2 aromatic heterocycles. The van der Waals surface area contributed by atoms with Gasteiger partial charge in [-0.3, -0.25) is 4.98 Å². The number of pyridine rings is 1. The van der Waals surface area contributed by atoms with Gasteiger partial charge in [-0.25, -0.2) is 9.97 Å². The molecule has 5 nitrogen and oxygen atoms in total. The summed E-state index contributed by atoms with van der Waals surface area (Å²) >= 11 is 0. The maximum atomic E-state index is 11.2. The van der Waals surface area contributed by atoms with Crippen LogP contribution in [0.15, 0.2) is 18.3 Å². The van der Waals surface area contributed by atoms with Gasteiger partial charge in [0.15, 0.2) is 5.82 Å². The zero-order valence-electron chi connectivity index (χ0n) is 13.2. The quantitative estimate of drug-likeness (QED) is 0.859. The zero-order chi connectivity index (χ0) is 15.6. The summed E-state index contributed by atoms with van der Waals surface area (Å²) in [5.41, 5.74) is 1.18. The minimum atomic E-state index is -0.458. The van der Waals surface area contributed by atoms with Crippen LogP contribution in [0.3, 0.4) is 0 Å². The van der Waals surface area contributed by atoms with Gasteiger partial charge in [0.05, 0.1) is 5.52 Å². The van der Waals surface area contributed by atoms with Crippen molar-refractivity contribution in [2.45, 2.75) is 52.0 Å². The predicted octanol–water partition coefficient (Wildman–Crippen LogP) is 3.15. The van der Waals surface area contributed by atoms with Crippen molar-refractivity contribution in [1.82, 2.24) is 15.0 Å². The number of hydrogen-bond donors (Lipinski definition) is 1. The predicted molar refractivity (Wildman–Crippen MR) is 86.8 cm³/mol. The Morgan fingerprint density at radius 3 is 2.82 bits per heavy atom. The molecule has 116 valence electrons. The second kappa shape index (κ2) is 5.99. The van der Waals surface area contributed by atoms with Crippen LogP contribution in [0.5, 0.6) is 0 Å². The third-order valence-electron chi connectivity index (χ3n) is 4.13. The van der Waals surface area contributed by atoms with Gasteiger partial charge in [0, 0.05) is 24.1 Å². The van der Waals surface area contributed by atoms with Gasteiger partial charge < -0.3 is 10.1 Å². The molecule has 1 saturated carbocycles. The normalized spacial score (nSPS) is 16.1. The molecule has 2 heterocycles. The average Bonchev–Trinajstić information content (AvgIpc) is 3.00. The highest BCUT2D eigenvalue weighted by atomic mass is 16.1. The monoisotopic (exact) mass is 298 g/mol. The number of carbonyl (C=O) groups is 1. The molecule has 1 aliphatic carbocycles. The average molecular weight is 298 g/mol. The Labute approximate surface area is 130 Å². The highest BCUT2D eigenvalue weighted by Gasteiger charge is 2.22. The highest BCUT2D eigenvalue weighted by Crippen LogP contribution is 2.26. The van der Waals surface area contributed by atoms with Gasteiger partial charge in [0.2, 0.25) is 0 Å². The molecule has 0 atom stereocenters. The molecule has 1 aliphatic rings. The summed E-state index contributed by atoms with van der Waals surface area (Å²) in [5.74, 6) is 1.49. The second-order valence-corrected chi connectivity index (χ2v) is 6.77. The molecule has 0 amide bonds. The van der Waals surface area contributed by atoms with Crippen molar-refractivity contribution in [2.24, 2.45) is 5.41 Å². The Morgan fingerprint density at radius 1 is 1.32 bits per heavy atom. The van der Waals surface area contributed by atoms with E-state index in [2.05, 4.69) is 20.3 Å². The number of carbonyl (C=O) groups excluding carboxylic acids is 1. The minimum absolute atomic E-state index is 0.458. The van der Waals surface area contributed by atoms with Crippen molar-refractivity contribution in [1.29, 1.82) is 0 Å². The Bertz CT molecular complexity index is 677. The van der Waals surface area contributed by atoms with E-state index in [-0.39, 0.29) is 0 Å². The van der Waals surface area contributed by atoms with Crippen LogP contribution in [0.2, 0.25) is 0 Å². The largest absolute Gasteiger partial charge is 0.365 e. The van der Waals surface area contributed by atoms with Crippen LogP contribution in [-0.4, -0.2) is 27.3 Å². The second-order valence-electron chi connectivity index (χ2n) is 6.77. The molecule has 2 aromatic rings. The zero-order valence-corrected chi connectivity index (χ0v) is 13.2. The van der Waals surface area contributed by atoms with E-state index >= 15 is 0 Å². The smallest absolute Gasteiger partial charge is 0.156 e. The number of fused-ring (bicyclic) bond motifs is 1. The Morgan fingerprint density at radius 2 is 2.09 bits per heavy atom. The third kappa shape index (κ3) is 3.24. The molecule has 22 heavy (non-hydrogen) atoms. The van der Waals surface area contributed by atoms with Gasteiger partial charge in [-0.15, -0.1) is 0 Å². The number of nitrogens with one attached hydrogen (secondary N) is 1. The molecule has 0 spiro atoms. The maximum Gasteiger partial charge on any atom is 0.156 e. The van der Waals surface area contributed by atoms with Crippen molar-refractivity contribution < 1.29 is 4.79 Å². The summed E-state index contributed by atoms with van der Waals surface area (Å²) in [5, 5.41) is 3.53. The standard InChI is InChI=1S/C17H22N4O/c1-17(2,11-22)10-14-20-13-8-5-9-18-15(13)16(21-14)19-12-6-3-4-7-12/h5,8-9,11-12H,3-4,6-7,10H2,1-2H3,(H,19,20,21). The molecule has 1 N–H and O–H groups in total. The van der Waals surface area contributed by atoms with E-state index in [1.807, 2.05) is 26.0 Å². The van der Waals surface area contributed by atoms with E-state index in [9.17, 15) is 4.79 Å². The van der Waals surface area contributed by atoms with Gasteiger partial charge in [-0.1, -0.05) is 26.7 Å². The first-order chi connectivity index (χ1) is 10.6. The number of anilines is 1.